The molecule has 4 nitrogen and oxygen atoms in total. The largest absolute Gasteiger partial charge is 0.497 e. The Balaban J connectivity index is 1.87. The summed E-state index contributed by atoms with van der Waals surface area (Å²) in [4.78, 5) is 18.1. The normalized spacial score (nSPS) is 17.9. The molecule has 0 saturated heterocycles. The second kappa shape index (κ2) is 5.12. The van der Waals surface area contributed by atoms with Crippen LogP contribution in [-0.2, 0) is 4.79 Å². The summed E-state index contributed by atoms with van der Waals surface area (Å²) in [5.74, 6) is 0.980. The number of carbonyl (C=O) groups is 1. The zero-order chi connectivity index (χ0) is 14.1. The quantitative estimate of drug-likeness (QED) is 0.825. The predicted octanol–water partition coefficient (Wildman–Crippen LogP) is 2.05. The van der Waals surface area contributed by atoms with E-state index >= 15 is 0 Å². The predicted molar refractivity (Wildman–Crippen MR) is 78.3 cm³/mol. The second-order valence-electron chi connectivity index (χ2n) is 5.17. The van der Waals surface area contributed by atoms with E-state index in [1.165, 1.54) is 11.1 Å². The highest BCUT2D eigenvalue weighted by atomic mass is 16.5. The zero-order valence-corrected chi connectivity index (χ0v) is 11.8. The fraction of sp³-hybridized carbons (Fsp3) is 0.375. The number of carbonyl (C=O) groups excluding carboxylic acids is 1. The number of methoxy groups -OCH3 is 1. The van der Waals surface area contributed by atoms with Crippen molar-refractivity contribution in [3.05, 3.63) is 41.0 Å². The van der Waals surface area contributed by atoms with Gasteiger partial charge in [-0.2, -0.15) is 0 Å². The van der Waals surface area contributed by atoms with E-state index in [1.54, 1.807) is 14.0 Å². The summed E-state index contributed by atoms with van der Waals surface area (Å²) in [6, 6.07) is 7.95. The standard InChI is InChI=1S/C16H18N2O2/c1-11(19)18-8-7-13-9-17-16(15(13)10-18)12-3-5-14(20-2)6-4-12/h3-6H,7-10H2,1-2H3. The Morgan fingerprint density at radius 3 is 2.70 bits per heavy atom. The van der Waals surface area contributed by atoms with E-state index < -0.39 is 0 Å². The van der Waals surface area contributed by atoms with Crippen molar-refractivity contribution in [2.45, 2.75) is 13.3 Å². The maximum atomic E-state index is 11.6. The number of benzene rings is 1. The van der Waals surface area contributed by atoms with E-state index in [1.807, 2.05) is 29.2 Å². The number of ether oxygens (including phenoxy) is 1. The van der Waals surface area contributed by atoms with Gasteiger partial charge < -0.3 is 9.64 Å². The fourth-order valence-electron chi connectivity index (χ4n) is 2.77. The van der Waals surface area contributed by atoms with Gasteiger partial charge in [-0.3, -0.25) is 9.79 Å². The van der Waals surface area contributed by atoms with Crippen LogP contribution in [0.15, 0.2) is 40.4 Å². The van der Waals surface area contributed by atoms with Crippen molar-refractivity contribution in [3.63, 3.8) is 0 Å². The lowest BCUT2D eigenvalue weighted by Crippen LogP contribution is -2.36. The zero-order valence-electron chi connectivity index (χ0n) is 11.8. The molecule has 2 aliphatic heterocycles. The fourth-order valence-corrected chi connectivity index (χ4v) is 2.77. The Bertz CT molecular complexity index is 599. The minimum absolute atomic E-state index is 0.137. The van der Waals surface area contributed by atoms with Gasteiger partial charge in [0.1, 0.15) is 5.75 Å². The van der Waals surface area contributed by atoms with Crippen LogP contribution in [0.5, 0.6) is 5.75 Å². The third-order valence-electron chi connectivity index (χ3n) is 3.98. The number of nitrogens with zero attached hydrogens (tertiary/aromatic N) is 2. The van der Waals surface area contributed by atoms with Crippen LogP contribution in [-0.4, -0.2) is 43.3 Å². The minimum Gasteiger partial charge on any atom is -0.497 e. The molecule has 3 rings (SSSR count). The molecule has 0 radical (unpaired) electrons. The summed E-state index contributed by atoms with van der Waals surface area (Å²) in [7, 11) is 1.66. The van der Waals surface area contributed by atoms with Crippen LogP contribution in [0.2, 0.25) is 0 Å². The molecule has 0 aliphatic carbocycles. The topological polar surface area (TPSA) is 41.9 Å². The van der Waals surface area contributed by atoms with Crippen LogP contribution in [0.4, 0.5) is 0 Å². The summed E-state index contributed by atoms with van der Waals surface area (Å²) in [6.45, 7) is 3.92. The Hall–Kier alpha value is -2.10. The Kier molecular flexibility index (Phi) is 3.30. The summed E-state index contributed by atoms with van der Waals surface area (Å²) in [5, 5.41) is 0. The monoisotopic (exact) mass is 270 g/mol. The third-order valence-corrected chi connectivity index (χ3v) is 3.98. The summed E-state index contributed by atoms with van der Waals surface area (Å²) in [5.41, 5.74) is 4.75. The average molecular weight is 270 g/mol. The van der Waals surface area contributed by atoms with Crippen LogP contribution >= 0.6 is 0 Å². The maximum absolute atomic E-state index is 11.6. The lowest BCUT2D eigenvalue weighted by molar-refractivity contribution is -0.128. The van der Waals surface area contributed by atoms with Gasteiger partial charge in [-0.25, -0.2) is 0 Å². The van der Waals surface area contributed by atoms with Gasteiger partial charge in [0.2, 0.25) is 5.91 Å². The second-order valence-corrected chi connectivity index (χ2v) is 5.17. The van der Waals surface area contributed by atoms with Crippen molar-refractivity contribution < 1.29 is 9.53 Å². The molecule has 1 aromatic rings. The van der Waals surface area contributed by atoms with Gasteiger partial charge in [0.15, 0.2) is 0 Å². The Morgan fingerprint density at radius 2 is 2.05 bits per heavy atom. The van der Waals surface area contributed by atoms with Gasteiger partial charge in [0, 0.05) is 25.6 Å². The van der Waals surface area contributed by atoms with Crippen molar-refractivity contribution in [1.29, 1.82) is 0 Å². The molecule has 4 heteroatoms. The van der Waals surface area contributed by atoms with E-state index in [0.717, 1.165) is 36.5 Å². The van der Waals surface area contributed by atoms with Crippen molar-refractivity contribution in [2.75, 3.05) is 26.7 Å². The molecule has 1 aromatic carbocycles. The van der Waals surface area contributed by atoms with Crippen LogP contribution in [0, 0.1) is 0 Å². The first kappa shape index (κ1) is 12.9. The van der Waals surface area contributed by atoms with E-state index in [4.69, 9.17) is 4.74 Å². The van der Waals surface area contributed by atoms with Gasteiger partial charge >= 0.3 is 0 Å². The molecule has 0 atom stereocenters. The van der Waals surface area contributed by atoms with Crippen molar-refractivity contribution in [3.8, 4) is 5.75 Å². The highest BCUT2D eigenvalue weighted by Gasteiger charge is 2.27. The summed E-state index contributed by atoms with van der Waals surface area (Å²) in [6.07, 6.45) is 0.943. The molecule has 0 unspecified atom stereocenters. The molecule has 0 saturated carbocycles. The number of hydrogen-bond donors (Lipinski definition) is 0. The van der Waals surface area contributed by atoms with Crippen LogP contribution in [0.1, 0.15) is 18.9 Å². The number of rotatable bonds is 2. The average Bonchev–Trinajstić information content (AvgIpc) is 2.90. The van der Waals surface area contributed by atoms with Crippen LogP contribution in [0.3, 0.4) is 0 Å². The molecule has 0 fully saturated rings. The van der Waals surface area contributed by atoms with E-state index in [0.29, 0.717) is 6.54 Å². The molecule has 20 heavy (non-hydrogen) atoms. The molecular weight excluding hydrogens is 252 g/mol. The van der Waals surface area contributed by atoms with E-state index in [2.05, 4.69) is 4.99 Å². The van der Waals surface area contributed by atoms with Gasteiger partial charge in [0.25, 0.3) is 0 Å². The number of aliphatic imine (C=N–C) groups is 1. The lowest BCUT2D eigenvalue weighted by Gasteiger charge is -2.27. The SMILES string of the molecule is COc1ccc(C2=NCC3=C2CN(C(C)=O)CC3)cc1. The van der Waals surface area contributed by atoms with Gasteiger partial charge in [0.05, 0.1) is 19.4 Å². The van der Waals surface area contributed by atoms with E-state index in [-0.39, 0.29) is 5.91 Å². The minimum atomic E-state index is 0.137. The third kappa shape index (κ3) is 2.22. The van der Waals surface area contributed by atoms with E-state index in [9.17, 15) is 4.79 Å². The van der Waals surface area contributed by atoms with Gasteiger partial charge in [-0.15, -0.1) is 0 Å². The molecule has 104 valence electrons. The molecule has 2 aliphatic rings. The Labute approximate surface area is 118 Å². The smallest absolute Gasteiger partial charge is 0.219 e. The molecule has 1 amide bonds. The highest BCUT2D eigenvalue weighted by Crippen LogP contribution is 2.28. The molecule has 0 aromatic heterocycles. The molecule has 0 spiro atoms. The van der Waals surface area contributed by atoms with Gasteiger partial charge in [-0.1, -0.05) is 0 Å². The van der Waals surface area contributed by atoms with Gasteiger partial charge in [-0.05, 0) is 41.8 Å². The highest BCUT2D eigenvalue weighted by molar-refractivity contribution is 6.15. The first-order valence-corrected chi connectivity index (χ1v) is 6.84. The van der Waals surface area contributed by atoms with Crippen LogP contribution < -0.4 is 4.74 Å². The Morgan fingerprint density at radius 1 is 1.30 bits per heavy atom. The molecule has 2 heterocycles. The molecular formula is C16H18N2O2. The maximum Gasteiger partial charge on any atom is 0.219 e. The number of hydrogen-bond acceptors (Lipinski definition) is 3. The number of amides is 1. The first-order valence-electron chi connectivity index (χ1n) is 6.84. The lowest BCUT2D eigenvalue weighted by atomic mass is 9.95. The van der Waals surface area contributed by atoms with Crippen molar-refractivity contribution in [2.24, 2.45) is 4.99 Å². The van der Waals surface area contributed by atoms with Crippen molar-refractivity contribution in [1.82, 2.24) is 4.90 Å². The van der Waals surface area contributed by atoms with Crippen molar-refractivity contribution >= 4 is 11.6 Å². The molecule has 0 bridgehead atoms. The summed E-state index contributed by atoms with van der Waals surface area (Å²) < 4.78 is 5.18. The van der Waals surface area contributed by atoms with Crippen LogP contribution in [0.25, 0.3) is 0 Å². The summed E-state index contributed by atoms with van der Waals surface area (Å²) >= 11 is 0. The first-order chi connectivity index (χ1) is 9.69. The molecule has 0 N–H and O–H groups in total.